The van der Waals surface area contributed by atoms with Crippen LogP contribution < -0.4 is 5.73 Å². The lowest BCUT2D eigenvalue weighted by molar-refractivity contribution is -0.00236. The molecule has 1 heterocycles. The molecule has 0 aromatic carbocycles. The van der Waals surface area contributed by atoms with Gasteiger partial charge >= 0.3 is 0 Å². The van der Waals surface area contributed by atoms with E-state index in [0.29, 0.717) is 26.2 Å². The van der Waals surface area contributed by atoms with Crippen LogP contribution in [0.2, 0.25) is 0 Å². The number of oxime groups is 1. The van der Waals surface area contributed by atoms with Crippen molar-refractivity contribution in [3.05, 3.63) is 0 Å². The number of hydrogen-bond donors (Lipinski definition) is 3. The van der Waals surface area contributed by atoms with Gasteiger partial charge in [-0.1, -0.05) is 5.16 Å². The average molecular weight is 203 g/mol. The molecule has 0 saturated carbocycles. The Morgan fingerprint density at radius 1 is 1.64 bits per heavy atom. The molecule has 6 heteroatoms. The summed E-state index contributed by atoms with van der Waals surface area (Å²) in [6.45, 7) is 3.95. The molecule has 0 spiro atoms. The van der Waals surface area contributed by atoms with Crippen molar-refractivity contribution in [2.24, 2.45) is 10.9 Å². The molecule has 1 aliphatic rings. The maximum Gasteiger partial charge on any atom is 0.153 e. The number of aliphatic hydroxyl groups excluding tert-OH is 1. The summed E-state index contributed by atoms with van der Waals surface area (Å²) in [5, 5.41) is 20.8. The van der Waals surface area contributed by atoms with Crippen LogP contribution in [-0.4, -0.2) is 59.5 Å². The van der Waals surface area contributed by atoms with Crippen molar-refractivity contribution in [3.63, 3.8) is 0 Å². The van der Waals surface area contributed by atoms with Gasteiger partial charge in [0.15, 0.2) is 5.84 Å². The first kappa shape index (κ1) is 11.2. The molecule has 2 atom stereocenters. The van der Waals surface area contributed by atoms with E-state index in [1.54, 1.807) is 0 Å². The smallest absolute Gasteiger partial charge is 0.153 e. The van der Waals surface area contributed by atoms with Gasteiger partial charge in [-0.15, -0.1) is 0 Å². The van der Waals surface area contributed by atoms with Gasteiger partial charge in [-0.05, 0) is 6.92 Å². The highest BCUT2D eigenvalue weighted by Gasteiger charge is 2.31. The highest BCUT2D eigenvalue weighted by molar-refractivity contribution is 5.81. The van der Waals surface area contributed by atoms with Crippen molar-refractivity contribution in [2.45, 2.75) is 19.1 Å². The van der Waals surface area contributed by atoms with Crippen molar-refractivity contribution in [2.75, 3.05) is 26.2 Å². The van der Waals surface area contributed by atoms with Crippen LogP contribution in [0.1, 0.15) is 6.92 Å². The van der Waals surface area contributed by atoms with Crippen LogP contribution in [0, 0.1) is 0 Å². The maximum atomic E-state index is 9.57. The second-order valence-electron chi connectivity index (χ2n) is 3.35. The first-order chi connectivity index (χ1) is 6.67. The number of rotatable bonds is 4. The summed E-state index contributed by atoms with van der Waals surface area (Å²) in [5.41, 5.74) is 5.35. The third-order valence-corrected chi connectivity index (χ3v) is 2.21. The van der Waals surface area contributed by atoms with Gasteiger partial charge in [-0.3, -0.25) is 4.90 Å². The highest BCUT2D eigenvalue weighted by atomic mass is 16.5. The Bertz CT molecular complexity index is 210. The molecule has 14 heavy (non-hydrogen) atoms. The van der Waals surface area contributed by atoms with E-state index in [1.807, 2.05) is 11.8 Å². The van der Waals surface area contributed by atoms with E-state index in [4.69, 9.17) is 15.7 Å². The number of aliphatic hydroxyl groups is 1. The molecule has 4 N–H and O–H groups in total. The monoisotopic (exact) mass is 203 g/mol. The lowest BCUT2D eigenvalue weighted by Gasteiger charge is -2.14. The van der Waals surface area contributed by atoms with E-state index in [9.17, 15) is 5.11 Å². The number of ether oxygens (including phenoxy) is 1. The molecule has 1 fully saturated rings. The van der Waals surface area contributed by atoms with Crippen LogP contribution in [0.3, 0.4) is 0 Å². The number of nitrogens with two attached hydrogens (primary N) is 1. The first-order valence-corrected chi connectivity index (χ1v) is 4.65. The predicted molar refractivity (Wildman–Crippen MR) is 51.3 cm³/mol. The second-order valence-corrected chi connectivity index (χ2v) is 3.35. The number of nitrogens with zero attached hydrogens (tertiary/aromatic N) is 2. The molecule has 82 valence electrons. The van der Waals surface area contributed by atoms with Gasteiger partial charge in [0.1, 0.15) is 0 Å². The molecule has 0 aliphatic carbocycles. The largest absolute Gasteiger partial charge is 0.409 e. The Morgan fingerprint density at radius 3 is 2.93 bits per heavy atom. The van der Waals surface area contributed by atoms with Crippen molar-refractivity contribution in [3.8, 4) is 0 Å². The van der Waals surface area contributed by atoms with E-state index in [-0.39, 0.29) is 11.9 Å². The fraction of sp³-hybridized carbons (Fsp3) is 0.875. The number of hydrogen-bond acceptors (Lipinski definition) is 5. The van der Waals surface area contributed by atoms with Crippen LogP contribution in [0.15, 0.2) is 5.16 Å². The molecule has 0 aromatic rings. The van der Waals surface area contributed by atoms with Crippen LogP contribution in [0.25, 0.3) is 0 Å². The summed E-state index contributed by atoms with van der Waals surface area (Å²) < 4.78 is 5.33. The Balaban J connectivity index is 2.38. The van der Waals surface area contributed by atoms with Gasteiger partial charge in [0.05, 0.1) is 18.8 Å². The van der Waals surface area contributed by atoms with Crippen molar-refractivity contribution < 1.29 is 15.1 Å². The standard InChI is InChI=1S/C8H17N3O3/c1-2-14-7-4-11(3-6(7)12)5-8(9)10-13/h6-7,12-13H,2-5H2,1H3,(H2,9,10)/t6-,7+/m1/s1. The molecule has 0 bridgehead atoms. The zero-order valence-electron chi connectivity index (χ0n) is 8.26. The Hall–Kier alpha value is -0.850. The van der Waals surface area contributed by atoms with Crippen LogP contribution in [0.5, 0.6) is 0 Å². The fourth-order valence-electron chi connectivity index (χ4n) is 1.60. The van der Waals surface area contributed by atoms with E-state index in [2.05, 4.69) is 5.16 Å². The molecule has 1 aliphatic heterocycles. The minimum Gasteiger partial charge on any atom is -0.409 e. The molecule has 6 nitrogen and oxygen atoms in total. The molecular formula is C8H17N3O3. The van der Waals surface area contributed by atoms with E-state index in [1.165, 1.54) is 0 Å². The molecule has 0 aromatic heterocycles. The molecule has 0 amide bonds. The lowest BCUT2D eigenvalue weighted by Crippen LogP contribution is -2.33. The van der Waals surface area contributed by atoms with Gasteiger partial charge in [0.25, 0.3) is 0 Å². The van der Waals surface area contributed by atoms with Crippen LogP contribution in [-0.2, 0) is 4.74 Å². The van der Waals surface area contributed by atoms with E-state index < -0.39 is 6.10 Å². The van der Waals surface area contributed by atoms with Crippen molar-refractivity contribution >= 4 is 5.84 Å². The summed E-state index contributed by atoms with van der Waals surface area (Å²) in [5.74, 6) is 0.148. The summed E-state index contributed by atoms with van der Waals surface area (Å²) >= 11 is 0. The summed E-state index contributed by atoms with van der Waals surface area (Å²) in [6.07, 6.45) is -0.645. The Morgan fingerprint density at radius 2 is 2.36 bits per heavy atom. The number of amidine groups is 1. The van der Waals surface area contributed by atoms with Gasteiger partial charge in [0.2, 0.25) is 0 Å². The van der Waals surface area contributed by atoms with Gasteiger partial charge in [-0.2, -0.15) is 0 Å². The summed E-state index contributed by atoms with van der Waals surface area (Å²) in [4.78, 5) is 1.89. The van der Waals surface area contributed by atoms with Crippen LogP contribution in [0.4, 0.5) is 0 Å². The topological polar surface area (TPSA) is 91.3 Å². The summed E-state index contributed by atoms with van der Waals surface area (Å²) in [7, 11) is 0. The Labute approximate surface area is 82.9 Å². The second kappa shape index (κ2) is 5.14. The van der Waals surface area contributed by atoms with Gasteiger partial charge in [-0.25, -0.2) is 0 Å². The zero-order valence-corrected chi connectivity index (χ0v) is 8.26. The molecule has 1 rings (SSSR count). The molecule has 0 radical (unpaired) electrons. The minimum atomic E-state index is -0.485. The molecule has 1 saturated heterocycles. The number of likely N-dealkylation sites (tertiary alicyclic amines) is 1. The Kier molecular flexibility index (Phi) is 4.12. The lowest BCUT2D eigenvalue weighted by atomic mass is 10.3. The predicted octanol–water partition coefficient (Wildman–Crippen LogP) is -1.19. The van der Waals surface area contributed by atoms with Crippen molar-refractivity contribution in [1.29, 1.82) is 0 Å². The van der Waals surface area contributed by atoms with E-state index >= 15 is 0 Å². The van der Waals surface area contributed by atoms with Crippen LogP contribution >= 0.6 is 0 Å². The first-order valence-electron chi connectivity index (χ1n) is 4.65. The van der Waals surface area contributed by atoms with E-state index in [0.717, 1.165) is 0 Å². The third kappa shape index (κ3) is 2.83. The maximum absolute atomic E-state index is 9.57. The average Bonchev–Trinajstić information content (AvgIpc) is 2.47. The number of β-amino-alcohol motifs (C(OH)–C–C–N with tert-alkyl or cyclic N) is 1. The highest BCUT2D eigenvalue weighted by Crippen LogP contribution is 2.12. The normalized spacial score (nSPS) is 29.7. The molecule has 0 unspecified atom stereocenters. The third-order valence-electron chi connectivity index (χ3n) is 2.21. The van der Waals surface area contributed by atoms with Gasteiger partial charge < -0.3 is 20.8 Å². The summed E-state index contributed by atoms with van der Waals surface area (Å²) in [6, 6.07) is 0. The minimum absolute atomic E-state index is 0.148. The fourth-order valence-corrected chi connectivity index (χ4v) is 1.60. The zero-order chi connectivity index (χ0) is 10.6. The van der Waals surface area contributed by atoms with Crippen molar-refractivity contribution in [1.82, 2.24) is 4.90 Å². The van der Waals surface area contributed by atoms with Gasteiger partial charge in [0, 0.05) is 19.7 Å². The quantitative estimate of drug-likeness (QED) is 0.231. The molecular weight excluding hydrogens is 186 g/mol. The SMILES string of the molecule is CCO[C@H]1CN(CC(N)=NO)C[C@H]1O.